The monoisotopic (exact) mass is 344 g/mol. The number of hydrogen-bond donors (Lipinski definition) is 1. The minimum absolute atomic E-state index is 0.128. The predicted octanol–water partition coefficient (Wildman–Crippen LogP) is 3.00. The van der Waals surface area contributed by atoms with Crippen molar-refractivity contribution in [3.8, 4) is 0 Å². The number of nitrogens with one attached hydrogen (secondary N) is 1. The number of furan rings is 1. The van der Waals surface area contributed by atoms with Crippen molar-refractivity contribution in [2.75, 3.05) is 11.9 Å². The van der Waals surface area contributed by atoms with E-state index in [4.69, 9.17) is 9.15 Å². The van der Waals surface area contributed by atoms with Gasteiger partial charge in [0.25, 0.3) is 5.91 Å². The molecule has 0 aliphatic carbocycles. The molecule has 0 aliphatic heterocycles. The minimum atomic E-state index is -0.769. The quantitative estimate of drug-likeness (QED) is 0.373. The second-order valence-corrected chi connectivity index (χ2v) is 5.22. The van der Waals surface area contributed by atoms with E-state index < -0.39 is 29.3 Å². The molecule has 0 atom stereocenters. The summed E-state index contributed by atoms with van der Waals surface area (Å²) in [4.78, 5) is 33.1. The number of nitro groups is 1. The molecular formula is C17H16N2O6. The van der Waals surface area contributed by atoms with Crippen LogP contribution < -0.4 is 5.32 Å². The van der Waals surface area contributed by atoms with Gasteiger partial charge < -0.3 is 14.5 Å². The maximum absolute atomic E-state index is 11.8. The maximum atomic E-state index is 11.8. The van der Waals surface area contributed by atoms with Gasteiger partial charge in [0.1, 0.15) is 10.7 Å². The van der Waals surface area contributed by atoms with Gasteiger partial charge in [-0.3, -0.25) is 14.9 Å². The molecular weight excluding hydrogens is 328 g/mol. The molecule has 0 bridgehead atoms. The van der Waals surface area contributed by atoms with Crippen LogP contribution in [-0.4, -0.2) is 23.4 Å². The van der Waals surface area contributed by atoms with Crippen LogP contribution in [0.1, 0.15) is 16.9 Å². The number of carbonyl (C=O) groups excluding carboxylic acids is 2. The average Bonchev–Trinajstić information content (AvgIpc) is 3.04. The van der Waals surface area contributed by atoms with Gasteiger partial charge in [0, 0.05) is 11.8 Å². The highest BCUT2D eigenvalue weighted by molar-refractivity contribution is 5.94. The van der Waals surface area contributed by atoms with Crippen molar-refractivity contribution in [2.24, 2.45) is 0 Å². The summed E-state index contributed by atoms with van der Waals surface area (Å²) >= 11 is 0. The number of hydrogen-bond acceptors (Lipinski definition) is 6. The van der Waals surface area contributed by atoms with E-state index in [2.05, 4.69) is 5.32 Å². The fourth-order valence-corrected chi connectivity index (χ4v) is 1.88. The van der Waals surface area contributed by atoms with E-state index in [-0.39, 0.29) is 5.76 Å². The van der Waals surface area contributed by atoms with Gasteiger partial charge in [0.05, 0.1) is 6.07 Å². The van der Waals surface area contributed by atoms with Crippen LogP contribution >= 0.6 is 0 Å². The van der Waals surface area contributed by atoms with Crippen molar-refractivity contribution in [1.82, 2.24) is 0 Å². The summed E-state index contributed by atoms with van der Waals surface area (Å²) in [7, 11) is 0. The molecule has 0 spiro atoms. The standard InChI is InChI=1S/C17H16N2O6/c1-11-3-4-13(9-12(11)2)18-15(20)10-24-17(21)8-6-14-5-7-16(25-14)19(22)23/h3-9H,10H2,1-2H3,(H,18,20)/b8-6+. The molecule has 25 heavy (non-hydrogen) atoms. The van der Waals surface area contributed by atoms with Crippen molar-refractivity contribution in [1.29, 1.82) is 0 Å². The molecule has 0 aliphatic rings. The largest absolute Gasteiger partial charge is 0.452 e. The summed E-state index contributed by atoms with van der Waals surface area (Å²) in [5.74, 6) is -1.54. The second-order valence-electron chi connectivity index (χ2n) is 5.22. The van der Waals surface area contributed by atoms with Crippen molar-refractivity contribution in [3.63, 3.8) is 0 Å². The van der Waals surface area contributed by atoms with Crippen molar-refractivity contribution in [2.45, 2.75) is 13.8 Å². The van der Waals surface area contributed by atoms with Gasteiger partial charge in [-0.05, 0) is 49.2 Å². The van der Waals surface area contributed by atoms with E-state index in [1.807, 2.05) is 26.0 Å². The molecule has 0 saturated carbocycles. The topological polar surface area (TPSA) is 112 Å². The Morgan fingerprint density at radius 3 is 2.64 bits per heavy atom. The van der Waals surface area contributed by atoms with Crippen LogP contribution in [0, 0.1) is 24.0 Å². The zero-order valence-electron chi connectivity index (χ0n) is 13.6. The molecule has 0 unspecified atom stereocenters. The summed E-state index contributed by atoms with van der Waals surface area (Å²) in [6.45, 7) is 3.44. The zero-order chi connectivity index (χ0) is 18.4. The molecule has 1 aromatic carbocycles. The lowest BCUT2D eigenvalue weighted by Gasteiger charge is -2.07. The van der Waals surface area contributed by atoms with Gasteiger partial charge in [-0.25, -0.2) is 4.79 Å². The van der Waals surface area contributed by atoms with Gasteiger partial charge in [0.15, 0.2) is 6.61 Å². The third kappa shape index (κ3) is 5.31. The first-order valence-corrected chi connectivity index (χ1v) is 7.31. The smallest absolute Gasteiger partial charge is 0.433 e. The Morgan fingerprint density at radius 2 is 2.00 bits per heavy atom. The number of rotatable bonds is 6. The first-order chi connectivity index (χ1) is 11.8. The highest BCUT2D eigenvalue weighted by atomic mass is 16.6. The van der Waals surface area contributed by atoms with Gasteiger partial charge in [-0.1, -0.05) is 6.07 Å². The van der Waals surface area contributed by atoms with Crippen molar-refractivity contribution < 1.29 is 23.7 Å². The Kier molecular flexibility index (Phi) is 5.67. The number of carbonyl (C=O) groups is 2. The number of benzene rings is 1. The van der Waals surface area contributed by atoms with Gasteiger partial charge >= 0.3 is 11.9 Å². The van der Waals surface area contributed by atoms with Crippen molar-refractivity contribution in [3.05, 3.63) is 63.4 Å². The molecule has 8 nitrogen and oxygen atoms in total. The average molecular weight is 344 g/mol. The number of esters is 1. The molecule has 1 aromatic heterocycles. The lowest BCUT2D eigenvalue weighted by molar-refractivity contribution is -0.402. The first kappa shape index (κ1) is 17.9. The molecule has 1 N–H and O–H groups in total. The Hall–Kier alpha value is -3.42. The second kappa shape index (κ2) is 7.91. The highest BCUT2D eigenvalue weighted by Crippen LogP contribution is 2.16. The number of anilines is 1. The lowest BCUT2D eigenvalue weighted by atomic mass is 10.1. The van der Waals surface area contributed by atoms with Crippen LogP contribution in [0.2, 0.25) is 0 Å². The zero-order valence-corrected chi connectivity index (χ0v) is 13.6. The summed E-state index contributed by atoms with van der Waals surface area (Å²) < 4.78 is 9.64. The SMILES string of the molecule is Cc1ccc(NC(=O)COC(=O)/C=C/c2ccc([N+](=O)[O-])o2)cc1C. The molecule has 2 rings (SSSR count). The van der Waals surface area contributed by atoms with Crippen LogP contribution in [0.15, 0.2) is 40.8 Å². The molecule has 130 valence electrons. The van der Waals surface area contributed by atoms with Crippen LogP contribution in [0.4, 0.5) is 11.6 Å². The predicted molar refractivity (Wildman–Crippen MR) is 89.9 cm³/mol. The molecule has 2 aromatic rings. The van der Waals surface area contributed by atoms with E-state index in [0.717, 1.165) is 17.2 Å². The van der Waals surface area contributed by atoms with E-state index in [1.54, 1.807) is 6.07 Å². The molecule has 0 fully saturated rings. The number of ether oxygens (including phenoxy) is 1. The first-order valence-electron chi connectivity index (χ1n) is 7.31. The normalized spacial score (nSPS) is 10.6. The summed E-state index contributed by atoms with van der Waals surface area (Å²) in [5, 5.41) is 13.1. The summed E-state index contributed by atoms with van der Waals surface area (Å²) in [5.41, 5.74) is 2.75. The van der Waals surface area contributed by atoms with E-state index in [9.17, 15) is 19.7 Å². The van der Waals surface area contributed by atoms with Crippen LogP contribution in [0.3, 0.4) is 0 Å². The van der Waals surface area contributed by atoms with Gasteiger partial charge in [-0.15, -0.1) is 0 Å². The Labute approximate surface area is 143 Å². The maximum Gasteiger partial charge on any atom is 0.433 e. The Balaban J connectivity index is 1.82. The van der Waals surface area contributed by atoms with E-state index >= 15 is 0 Å². The van der Waals surface area contributed by atoms with Crippen LogP contribution in [-0.2, 0) is 14.3 Å². The number of amides is 1. The lowest BCUT2D eigenvalue weighted by Crippen LogP contribution is -2.20. The Morgan fingerprint density at radius 1 is 1.24 bits per heavy atom. The summed E-state index contributed by atoms with van der Waals surface area (Å²) in [6.07, 6.45) is 2.24. The number of nitrogens with zero attached hydrogens (tertiary/aromatic N) is 1. The van der Waals surface area contributed by atoms with Gasteiger partial charge in [-0.2, -0.15) is 0 Å². The molecule has 1 heterocycles. The minimum Gasteiger partial charge on any atom is -0.452 e. The molecule has 0 saturated heterocycles. The molecule has 0 radical (unpaired) electrons. The Bertz CT molecular complexity index is 837. The van der Waals surface area contributed by atoms with E-state index in [0.29, 0.717) is 5.69 Å². The van der Waals surface area contributed by atoms with Crippen LogP contribution in [0.25, 0.3) is 6.08 Å². The van der Waals surface area contributed by atoms with Crippen LogP contribution in [0.5, 0.6) is 0 Å². The third-order valence-electron chi connectivity index (χ3n) is 3.31. The van der Waals surface area contributed by atoms with Crippen molar-refractivity contribution >= 4 is 29.5 Å². The number of aryl methyl sites for hydroxylation is 2. The third-order valence-corrected chi connectivity index (χ3v) is 3.31. The fourth-order valence-electron chi connectivity index (χ4n) is 1.88. The molecule has 1 amide bonds. The fraction of sp³-hybridized carbons (Fsp3) is 0.176. The van der Waals surface area contributed by atoms with Gasteiger partial charge in [0.2, 0.25) is 0 Å². The summed E-state index contributed by atoms with van der Waals surface area (Å²) in [6, 6.07) is 7.96. The van der Waals surface area contributed by atoms with E-state index in [1.165, 1.54) is 18.2 Å². The molecule has 8 heteroatoms. The highest BCUT2D eigenvalue weighted by Gasteiger charge is 2.11.